The molecular weight excluding hydrogens is 200 g/mol. The number of hydrogen-bond donors (Lipinski definition) is 0. The normalized spacial score (nSPS) is 18.8. The summed E-state index contributed by atoms with van der Waals surface area (Å²) in [4.78, 5) is 1.45. The van der Waals surface area contributed by atoms with Crippen LogP contribution in [0, 0.1) is 0 Å². The molecule has 1 unspecified atom stereocenters. The summed E-state index contributed by atoms with van der Waals surface area (Å²) in [7, 11) is 0. The van der Waals surface area contributed by atoms with E-state index in [0.29, 0.717) is 5.25 Å². The molecule has 2 aromatic carbocycles. The van der Waals surface area contributed by atoms with Crippen molar-refractivity contribution in [2.24, 2.45) is 0 Å². The van der Waals surface area contributed by atoms with E-state index in [1.165, 1.54) is 22.4 Å². The van der Waals surface area contributed by atoms with E-state index in [2.05, 4.69) is 54.6 Å². The standard InChI is InChI=1S/C14H12S/c1-2-6-11(7-3-1)14-10-12-8-4-5-9-13(12)15-14/h1-9,14H,10H2. The molecule has 0 radical (unpaired) electrons. The predicted octanol–water partition coefficient (Wildman–Crippen LogP) is 4.08. The van der Waals surface area contributed by atoms with Crippen molar-refractivity contribution >= 4 is 11.8 Å². The maximum Gasteiger partial charge on any atom is 0.0385 e. The molecule has 1 atom stereocenters. The van der Waals surface area contributed by atoms with Crippen LogP contribution in [0.25, 0.3) is 0 Å². The van der Waals surface area contributed by atoms with Crippen molar-refractivity contribution in [3.05, 3.63) is 65.7 Å². The minimum Gasteiger partial charge on any atom is -0.117 e. The lowest BCUT2D eigenvalue weighted by atomic mass is 10.0. The summed E-state index contributed by atoms with van der Waals surface area (Å²) < 4.78 is 0. The Morgan fingerprint density at radius 3 is 2.40 bits per heavy atom. The van der Waals surface area contributed by atoms with Gasteiger partial charge in [-0.25, -0.2) is 0 Å². The largest absolute Gasteiger partial charge is 0.117 e. The van der Waals surface area contributed by atoms with Gasteiger partial charge >= 0.3 is 0 Å². The molecule has 74 valence electrons. The fourth-order valence-corrected chi connectivity index (χ4v) is 3.36. The Morgan fingerprint density at radius 1 is 0.867 bits per heavy atom. The van der Waals surface area contributed by atoms with Crippen molar-refractivity contribution in [3.63, 3.8) is 0 Å². The lowest BCUT2D eigenvalue weighted by Gasteiger charge is -2.07. The summed E-state index contributed by atoms with van der Waals surface area (Å²) in [6, 6.07) is 19.5. The molecule has 0 saturated carbocycles. The summed E-state index contributed by atoms with van der Waals surface area (Å²) in [5.74, 6) is 0. The smallest absolute Gasteiger partial charge is 0.0385 e. The first-order valence-corrected chi connectivity index (χ1v) is 6.11. The Labute approximate surface area is 94.3 Å². The van der Waals surface area contributed by atoms with Crippen LogP contribution in [-0.4, -0.2) is 0 Å². The highest BCUT2D eigenvalue weighted by Crippen LogP contribution is 2.45. The van der Waals surface area contributed by atoms with Crippen LogP contribution in [0.2, 0.25) is 0 Å². The van der Waals surface area contributed by atoms with Gasteiger partial charge in [0.05, 0.1) is 0 Å². The second-order valence-electron chi connectivity index (χ2n) is 3.83. The molecule has 0 fully saturated rings. The molecule has 0 aromatic heterocycles. The van der Waals surface area contributed by atoms with Crippen LogP contribution in [0.1, 0.15) is 16.4 Å². The number of thioether (sulfide) groups is 1. The van der Waals surface area contributed by atoms with Crippen molar-refractivity contribution < 1.29 is 0 Å². The van der Waals surface area contributed by atoms with Crippen molar-refractivity contribution in [1.29, 1.82) is 0 Å². The van der Waals surface area contributed by atoms with Gasteiger partial charge in [-0.15, -0.1) is 11.8 Å². The fourth-order valence-electron chi connectivity index (χ4n) is 2.04. The molecule has 1 heteroatoms. The zero-order valence-corrected chi connectivity index (χ0v) is 9.21. The van der Waals surface area contributed by atoms with Crippen LogP contribution >= 0.6 is 11.8 Å². The zero-order chi connectivity index (χ0) is 10.1. The predicted molar refractivity (Wildman–Crippen MR) is 65.2 cm³/mol. The maximum absolute atomic E-state index is 2.24. The quantitative estimate of drug-likeness (QED) is 0.686. The topological polar surface area (TPSA) is 0 Å². The maximum atomic E-state index is 2.24. The lowest BCUT2D eigenvalue weighted by Crippen LogP contribution is -1.90. The third-order valence-electron chi connectivity index (χ3n) is 2.82. The van der Waals surface area contributed by atoms with Crippen molar-refractivity contribution in [3.8, 4) is 0 Å². The second-order valence-corrected chi connectivity index (χ2v) is 5.07. The Kier molecular flexibility index (Phi) is 2.26. The van der Waals surface area contributed by atoms with Gasteiger partial charge in [0.15, 0.2) is 0 Å². The summed E-state index contributed by atoms with van der Waals surface area (Å²) in [5, 5.41) is 0.614. The molecule has 0 spiro atoms. The van der Waals surface area contributed by atoms with Gasteiger partial charge in [0, 0.05) is 10.1 Å². The third kappa shape index (κ3) is 1.68. The molecule has 0 aliphatic carbocycles. The van der Waals surface area contributed by atoms with E-state index in [0.717, 1.165) is 0 Å². The van der Waals surface area contributed by atoms with E-state index in [1.807, 2.05) is 11.8 Å². The first-order valence-electron chi connectivity index (χ1n) is 5.23. The van der Waals surface area contributed by atoms with E-state index in [9.17, 15) is 0 Å². The van der Waals surface area contributed by atoms with E-state index in [1.54, 1.807) is 0 Å². The highest BCUT2D eigenvalue weighted by molar-refractivity contribution is 7.99. The monoisotopic (exact) mass is 212 g/mol. The van der Waals surface area contributed by atoms with Crippen LogP contribution in [-0.2, 0) is 6.42 Å². The highest BCUT2D eigenvalue weighted by Gasteiger charge is 2.22. The van der Waals surface area contributed by atoms with Gasteiger partial charge in [0.1, 0.15) is 0 Å². The van der Waals surface area contributed by atoms with Crippen LogP contribution < -0.4 is 0 Å². The molecule has 1 heterocycles. The first kappa shape index (κ1) is 9.05. The average Bonchev–Trinajstić information content (AvgIpc) is 2.74. The van der Waals surface area contributed by atoms with Crippen LogP contribution in [0.3, 0.4) is 0 Å². The highest BCUT2D eigenvalue weighted by atomic mass is 32.2. The Hall–Kier alpha value is -1.21. The number of fused-ring (bicyclic) bond motifs is 1. The average molecular weight is 212 g/mol. The number of benzene rings is 2. The molecule has 3 rings (SSSR count). The fraction of sp³-hybridized carbons (Fsp3) is 0.143. The molecule has 2 aromatic rings. The van der Waals surface area contributed by atoms with E-state index >= 15 is 0 Å². The second kappa shape index (κ2) is 3.74. The van der Waals surface area contributed by atoms with Crippen molar-refractivity contribution in [2.45, 2.75) is 16.6 Å². The molecule has 15 heavy (non-hydrogen) atoms. The molecule has 1 aliphatic heterocycles. The van der Waals surface area contributed by atoms with Crippen molar-refractivity contribution in [1.82, 2.24) is 0 Å². The Balaban J connectivity index is 1.91. The number of rotatable bonds is 1. The van der Waals surface area contributed by atoms with Crippen LogP contribution in [0.15, 0.2) is 59.5 Å². The van der Waals surface area contributed by atoms with E-state index in [4.69, 9.17) is 0 Å². The third-order valence-corrected chi connectivity index (χ3v) is 4.19. The van der Waals surface area contributed by atoms with Gasteiger partial charge in [-0.2, -0.15) is 0 Å². The van der Waals surface area contributed by atoms with Gasteiger partial charge in [-0.1, -0.05) is 48.5 Å². The molecule has 0 saturated heterocycles. The molecule has 1 aliphatic rings. The van der Waals surface area contributed by atoms with E-state index in [-0.39, 0.29) is 0 Å². The van der Waals surface area contributed by atoms with Gasteiger partial charge in [-0.3, -0.25) is 0 Å². The first-order chi connectivity index (χ1) is 7.43. The van der Waals surface area contributed by atoms with Crippen LogP contribution in [0.4, 0.5) is 0 Å². The van der Waals surface area contributed by atoms with Gasteiger partial charge < -0.3 is 0 Å². The van der Waals surface area contributed by atoms with Crippen molar-refractivity contribution in [2.75, 3.05) is 0 Å². The summed E-state index contributed by atoms with van der Waals surface area (Å²) in [6.07, 6.45) is 1.17. The molecular formula is C14H12S. The molecule has 0 bridgehead atoms. The van der Waals surface area contributed by atoms with Crippen LogP contribution in [0.5, 0.6) is 0 Å². The summed E-state index contributed by atoms with van der Waals surface area (Å²) >= 11 is 1.99. The Morgan fingerprint density at radius 2 is 1.60 bits per heavy atom. The SMILES string of the molecule is c1ccc(C2Cc3ccccc3S2)cc1. The minimum absolute atomic E-state index is 0.614. The molecule has 0 amide bonds. The lowest BCUT2D eigenvalue weighted by molar-refractivity contribution is 0.949. The summed E-state index contributed by atoms with van der Waals surface area (Å²) in [5.41, 5.74) is 2.94. The Bertz CT molecular complexity index is 437. The van der Waals surface area contributed by atoms with E-state index < -0.39 is 0 Å². The zero-order valence-electron chi connectivity index (χ0n) is 8.39. The number of hydrogen-bond acceptors (Lipinski definition) is 1. The minimum atomic E-state index is 0.614. The van der Waals surface area contributed by atoms with Gasteiger partial charge in [0.25, 0.3) is 0 Å². The molecule has 0 N–H and O–H groups in total. The van der Waals surface area contributed by atoms with Gasteiger partial charge in [-0.05, 0) is 23.6 Å². The summed E-state index contributed by atoms with van der Waals surface area (Å²) in [6.45, 7) is 0. The van der Waals surface area contributed by atoms with Gasteiger partial charge in [0.2, 0.25) is 0 Å². The molecule has 0 nitrogen and oxygen atoms in total.